The second-order valence-electron chi connectivity index (χ2n) is 6.68. The molecule has 0 unspecified atom stereocenters. The molecule has 1 aliphatic rings. The van der Waals surface area contributed by atoms with E-state index in [-0.39, 0.29) is 5.56 Å². The fourth-order valence-electron chi connectivity index (χ4n) is 3.37. The lowest BCUT2D eigenvalue weighted by molar-refractivity contribution is 0.420. The lowest BCUT2D eigenvalue weighted by Gasteiger charge is -2.25. The molecule has 0 radical (unpaired) electrons. The quantitative estimate of drug-likeness (QED) is 0.465. The molecule has 0 nitrogen and oxygen atoms in total. The molecule has 1 saturated carbocycles. The van der Waals surface area contributed by atoms with Gasteiger partial charge in [-0.05, 0) is 66.1 Å². The number of benzene rings is 2. The molecule has 1 heterocycles. The Morgan fingerprint density at radius 3 is 2.12 bits per heavy atom. The first kappa shape index (κ1) is 16.5. The predicted molar refractivity (Wildman–Crippen MR) is 101 cm³/mol. The van der Waals surface area contributed by atoms with Crippen molar-refractivity contribution in [1.82, 2.24) is 0 Å². The van der Waals surface area contributed by atoms with E-state index in [1.807, 2.05) is 25.1 Å². The Kier molecular flexibility index (Phi) is 4.43. The van der Waals surface area contributed by atoms with E-state index >= 15 is 0 Å². The molecule has 128 valence electrons. The van der Waals surface area contributed by atoms with Crippen molar-refractivity contribution in [2.75, 3.05) is 0 Å². The van der Waals surface area contributed by atoms with Crippen molar-refractivity contribution >= 4 is 11.3 Å². The summed E-state index contributed by atoms with van der Waals surface area (Å²) in [7, 11) is 0. The van der Waals surface area contributed by atoms with Crippen LogP contribution in [-0.2, 0) is 6.42 Å². The van der Waals surface area contributed by atoms with Crippen LogP contribution in [-0.4, -0.2) is 0 Å². The van der Waals surface area contributed by atoms with Crippen LogP contribution in [0.4, 0.5) is 8.78 Å². The Balaban J connectivity index is 1.67. The molecule has 0 N–H and O–H groups in total. The van der Waals surface area contributed by atoms with Gasteiger partial charge in [-0.25, -0.2) is 8.78 Å². The van der Waals surface area contributed by atoms with Gasteiger partial charge in [0.2, 0.25) is 0 Å². The van der Waals surface area contributed by atoms with Crippen LogP contribution in [0.5, 0.6) is 0 Å². The molecular formula is C22H20F2S. The van der Waals surface area contributed by atoms with Crippen molar-refractivity contribution in [2.45, 2.75) is 38.5 Å². The molecule has 0 amide bonds. The van der Waals surface area contributed by atoms with Gasteiger partial charge in [-0.2, -0.15) is 0 Å². The highest BCUT2D eigenvalue weighted by Crippen LogP contribution is 2.38. The average Bonchev–Trinajstić information content (AvgIpc) is 3.02. The van der Waals surface area contributed by atoms with Crippen molar-refractivity contribution in [2.24, 2.45) is 0 Å². The molecule has 3 aromatic rings. The SMILES string of the molecule is CCc1ccc(-c2c(F)cc(-c3ccc(C4CCC4)cc3)cc2F)s1. The summed E-state index contributed by atoms with van der Waals surface area (Å²) < 4.78 is 29.3. The molecule has 3 heteroatoms. The van der Waals surface area contributed by atoms with Crippen LogP contribution in [0, 0.1) is 11.6 Å². The predicted octanol–water partition coefficient (Wildman–Crippen LogP) is 7.19. The Morgan fingerprint density at radius 2 is 1.60 bits per heavy atom. The molecule has 1 aromatic heterocycles. The summed E-state index contributed by atoms with van der Waals surface area (Å²) in [5, 5.41) is 0. The van der Waals surface area contributed by atoms with Crippen LogP contribution in [0.25, 0.3) is 21.6 Å². The van der Waals surface area contributed by atoms with Gasteiger partial charge in [0, 0.05) is 9.75 Å². The fraction of sp³-hybridized carbons (Fsp3) is 0.273. The molecule has 0 atom stereocenters. The Labute approximate surface area is 151 Å². The molecule has 0 aliphatic heterocycles. The van der Waals surface area contributed by atoms with Gasteiger partial charge in [0.25, 0.3) is 0 Å². The number of aryl methyl sites for hydroxylation is 1. The Bertz CT molecular complexity index is 866. The molecule has 1 fully saturated rings. The summed E-state index contributed by atoms with van der Waals surface area (Å²) >= 11 is 1.45. The van der Waals surface area contributed by atoms with E-state index in [1.165, 1.54) is 48.3 Å². The lowest BCUT2D eigenvalue weighted by atomic mass is 9.80. The standard InChI is InChI=1S/C22H20F2S/c1-2-18-10-11-21(25-18)22-19(23)12-17(13-20(22)24)16-8-6-15(7-9-16)14-4-3-5-14/h6-14H,2-5H2,1H3. The maximum absolute atomic E-state index is 14.6. The molecule has 25 heavy (non-hydrogen) atoms. The number of hydrogen-bond acceptors (Lipinski definition) is 1. The van der Waals surface area contributed by atoms with Crippen LogP contribution >= 0.6 is 11.3 Å². The Morgan fingerprint density at radius 1 is 0.920 bits per heavy atom. The van der Waals surface area contributed by atoms with Gasteiger partial charge in [0.1, 0.15) is 11.6 Å². The summed E-state index contributed by atoms with van der Waals surface area (Å²) in [6, 6.07) is 14.8. The lowest BCUT2D eigenvalue weighted by Crippen LogP contribution is -2.08. The monoisotopic (exact) mass is 354 g/mol. The molecule has 1 aliphatic carbocycles. The highest BCUT2D eigenvalue weighted by atomic mass is 32.1. The van der Waals surface area contributed by atoms with Crippen molar-refractivity contribution in [1.29, 1.82) is 0 Å². The first-order valence-electron chi connectivity index (χ1n) is 8.84. The van der Waals surface area contributed by atoms with Crippen molar-refractivity contribution in [3.8, 4) is 21.6 Å². The highest BCUT2D eigenvalue weighted by Gasteiger charge is 2.20. The summed E-state index contributed by atoms with van der Waals surface area (Å²) in [6.07, 6.45) is 4.67. The molecule has 0 bridgehead atoms. The van der Waals surface area contributed by atoms with Crippen molar-refractivity contribution in [3.05, 3.63) is 70.6 Å². The van der Waals surface area contributed by atoms with Crippen LogP contribution in [0.1, 0.15) is 42.5 Å². The summed E-state index contributed by atoms with van der Waals surface area (Å²) in [5.74, 6) is -0.332. The minimum absolute atomic E-state index is 0.0829. The first-order valence-corrected chi connectivity index (χ1v) is 9.66. The normalized spacial score (nSPS) is 14.5. The molecule has 2 aromatic carbocycles. The van der Waals surface area contributed by atoms with Gasteiger partial charge in [0.15, 0.2) is 0 Å². The van der Waals surface area contributed by atoms with E-state index in [4.69, 9.17) is 0 Å². The third-order valence-corrected chi connectivity index (χ3v) is 6.37. The summed E-state index contributed by atoms with van der Waals surface area (Å²) in [4.78, 5) is 1.78. The van der Waals surface area contributed by atoms with Crippen molar-refractivity contribution in [3.63, 3.8) is 0 Å². The smallest absolute Gasteiger partial charge is 0.135 e. The van der Waals surface area contributed by atoms with E-state index in [9.17, 15) is 8.78 Å². The van der Waals surface area contributed by atoms with Gasteiger partial charge in [0.05, 0.1) is 5.56 Å². The zero-order valence-electron chi connectivity index (χ0n) is 14.2. The van der Waals surface area contributed by atoms with E-state index in [2.05, 4.69) is 12.1 Å². The van der Waals surface area contributed by atoms with Crippen LogP contribution in [0.15, 0.2) is 48.5 Å². The number of hydrogen-bond donors (Lipinski definition) is 0. The molecule has 0 saturated heterocycles. The topological polar surface area (TPSA) is 0 Å². The molecular weight excluding hydrogens is 334 g/mol. The van der Waals surface area contributed by atoms with Crippen molar-refractivity contribution < 1.29 is 8.78 Å². The largest absolute Gasteiger partial charge is 0.206 e. The first-order chi connectivity index (χ1) is 12.2. The summed E-state index contributed by atoms with van der Waals surface area (Å²) in [6.45, 7) is 2.04. The maximum atomic E-state index is 14.6. The van der Waals surface area contributed by atoms with Gasteiger partial charge >= 0.3 is 0 Å². The van der Waals surface area contributed by atoms with E-state index in [0.717, 1.165) is 16.9 Å². The zero-order valence-corrected chi connectivity index (χ0v) is 15.0. The third kappa shape index (κ3) is 3.13. The van der Waals surface area contributed by atoms with Gasteiger partial charge in [-0.1, -0.05) is 37.6 Å². The highest BCUT2D eigenvalue weighted by molar-refractivity contribution is 7.15. The summed E-state index contributed by atoms with van der Waals surface area (Å²) in [5.41, 5.74) is 2.86. The van der Waals surface area contributed by atoms with Gasteiger partial charge < -0.3 is 0 Å². The van der Waals surface area contributed by atoms with Gasteiger partial charge in [-0.15, -0.1) is 11.3 Å². The van der Waals surface area contributed by atoms with Gasteiger partial charge in [-0.3, -0.25) is 0 Å². The number of halogens is 2. The van der Waals surface area contributed by atoms with E-state index in [1.54, 1.807) is 6.07 Å². The molecule has 4 rings (SSSR count). The Hall–Kier alpha value is -2.00. The van der Waals surface area contributed by atoms with E-state index < -0.39 is 11.6 Å². The van der Waals surface area contributed by atoms with Crippen LogP contribution in [0.2, 0.25) is 0 Å². The van der Waals surface area contributed by atoms with Crippen LogP contribution in [0.3, 0.4) is 0 Å². The minimum atomic E-state index is -0.498. The second-order valence-corrected chi connectivity index (χ2v) is 7.85. The third-order valence-electron chi connectivity index (χ3n) is 5.12. The molecule has 0 spiro atoms. The average molecular weight is 354 g/mol. The zero-order chi connectivity index (χ0) is 17.4. The number of thiophene rings is 1. The fourth-order valence-corrected chi connectivity index (χ4v) is 4.36. The van der Waals surface area contributed by atoms with E-state index in [0.29, 0.717) is 16.4 Å². The number of rotatable bonds is 4. The minimum Gasteiger partial charge on any atom is -0.206 e. The van der Waals surface area contributed by atoms with Crippen LogP contribution < -0.4 is 0 Å². The second kappa shape index (κ2) is 6.72. The maximum Gasteiger partial charge on any atom is 0.135 e.